The maximum absolute atomic E-state index is 11.2. The van der Waals surface area contributed by atoms with E-state index >= 15 is 0 Å². The molecule has 14 heavy (non-hydrogen) atoms. The standard InChI is InChI=1S/C9H19N3O2/c1-3-4-7(9(10)14)12-8(13)5-6-11-2/h7,11H,3-6H2,1-2H3,(H2,10,14)(H,12,13). The van der Waals surface area contributed by atoms with Crippen LogP contribution in [-0.4, -0.2) is 31.4 Å². The number of amides is 2. The fourth-order valence-corrected chi connectivity index (χ4v) is 1.08. The minimum Gasteiger partial charge on any atom is -0.368 e. The Hall–Kier alpha value is -1.10. The van der Waals surface area contributed by atoms with Crippen LogP contribution in [0.4, 0.5) is 0 Å². The van der Waals surface area contributed by atoms with Crippen LogP contribution in [0.3, 0.4) is 0 Å². The van der Waals surface area contributed by atoms with E-state index in [1.54, 1.807) is 7.05 Å². The van der Waals surface area contributed by atoms with Gasteiger partial charge in [0.25, 0.3) is 0 Å². The molecule has 5 nitrogen and oxygen atoms in total. The van der Waals surface area contributed by atoms with Gasteiger partial charge in [-0.05, 0) is 13.5 Å². The van der Waals surface area contributed by atoms with Crippen molar-refractivity contribution in [2.24, 2.45) is 5.73 Å². The number of carbonyl (C=O) groups excluding carboxylic acids is 2. The Morgan fingerprint density at radius 1 is 1.43 bits per heavy atom. The zero-order chi connectivity index (χ0) is 11.0. The van der Waals surface area contributed by atoms with Crippen molar-refractivity contribution in [1.82, 2.24) is 10.6 Å². The van der Waals surface area contributed by atoms with Gasteiger partial charge in [-0.15, -0.1) is 0 Å². The Morgan fingerprint density at radius 2 is 2.07 bits per heavy atom. The van der Waals surface area contributed by atoms with Gasteiger partial charge in [0.1, 0.15) is 6.04 Å². The Balaban J connectivity index is 3.90. The minimum atomic E-state index is -0.524. The highest BCUT2D eigenvalue weighted by Crippen LogP contribution is 1.96. The predicted molar refractivity (Wildman–Crippen MR) is 54.6 cm³/mol. The minimum absolute atomic E-state index is 0.142. The SMILES string of the molecule is CCCC(NC(=O)CCNC)C(N)=O. The Labute approximate surface area is 84.4 Å². The molecule has 0 aliphatic heterocycles. The van der Waals surface area contributed by atoms with E-state index in [0.717, 1.165) is 6.42 Å². The van der Waals surface area contributed by atoms with Crippen molar-refractivity contribution in [2.45, 2.75) is 32.2 Å². The molecule has 5 heteroatoms. The summed E-state index contributed by atoms with van der Waals surface area (Å²) in [6.45, 7) is 2.54. The van der Waals surface area contributed by atoms with E-state index in [4.69, 9.17) is 5.73 Å². The summed E-state index contributed by atoms with van der Waals surface area (Å²) in [5.41, 5.74) is 5.13. The smallest absolute Gasteiger partial charge is 0.239 e. The van der Waals surface area contributed by atoms with Crippen molar-refractivity contribution in [1.29, 1.82) is 0 Å². The zero-order valence-corrected chi connectivity index (χ0v) is 8.80. The molecule has 0 aromatic rings. The molecule has 0 fully saturated rings. The average Bonchev–Trinajstić information content (AvgIpc) is 2.14. The van der Waals surface area contributed by atoms with Gasteiger partial charge in [0.15, 0.2) is 0 Å². The lowest BCUT2D eigenvalue weighted by atomic mass is 10.1. The first kappa shape index (κ1) is 12.9. The van der Waals surface area contributed by atoms with Crippen LogP contribution >= 0.6 is 0 Å². The summed E-state index contributed by atoms with van der Waals surface area (Å²) in [4.78, 5) is 22.1. The number of primary amides is 1. The molecule has 0 bridgehead atoms. The van der Waals surface area contributed by atoms with Gasteiger partial charge in [0.05, 0.1) is 0 Å². The molecule has 0 saturated carbocycles. The van der Waals surface area contributed by atoms with Gasteiger partial charge < -0.3 is 16.4 Å². The Kier molecular flexibility index (Phi) is 6.74. The van der Waals surface area contributed by atoms with Gasteiger partial charge >= 0.3 is 0 Å². The summed E-state index contributed by atoms with van der Waals surface area (Å²) in [6, 6.07) is -0.524. The van der Waals surface area contributed by atoms with Crippen LogP contribution < -0.4 is 16.4 Å². The number of carbonyl (C=O) groups is 2. The first-order valence-electron chi connectivity index (χ1n) is 4.85. The number of rotatable bonds is 7. The molecular weight excluding hydrogens is 182 g/mol. The average molecular weight is 201 g/mol. The topological polar surface area (TPSA) is 84.2 Å². The second-order valence-electron chi connectivity index (χ2n) is 3.16. The molecule has 4 N–H and O–H groups in total. The molecule has 0 saturated heterocycles. The monoisotopic (exact) mass is 201 g/mol. The van der Waals surface area contributed by atoms with Crippen molar-refractivity contribution in [3.8, 4) is 0 Å². The summed E-state index contributed by atoms with van der Waals surface area (Å²) in [5.74, 6) is -0.610. The quantitative estimate of drug-likeness (QED) is 0.512. The first-order valence-corrected chi connectivity index (χ1v) is 4.85. The third-order valence-electron chi connectivity index (χ3n) is 1.86. The molecule has 0 aliphatic carbocycles. The highest BCUT2D eigenvalue weighted by Gasteiger charge is 2.15. The predicted octanol–water partition coefficient (Wildman–Crippen LogP) is -0.634. The number of nitrogens with two attached hydrogens (primary N) is 1. The fraction of sp³-hybridized carbons (Fsp3) is 0.778. The van der Waals surface area contributed by atoms with Gasteiger partial charge in [0, 0.05) is 13.0 Å². The molecule has 0 aliphatic rings. The third-order valence-corrected chi connectivity index (χ3v) is 1.86. The molecule has 0 rings (SSSR count). The first-order chi connectivity index (χ1) is 6.61. The third kappa shape index (κ3) is 5.53. The molecule has 0 radical (unpaired) electrons. The highest BCUT2D eigenvalue weighted by atomic mass is 16.2. The largest absolute Gasteiger partial charge is 0.368 e. The summed E-state index contributed by atoms with van der Waals surface area (Å²) in [7, 11) is 1.77. The maximum Gasteiger partial charge on any atom is 0.239 e. The van der Waals surface area contributed by atoms with E-state index in [9.17, 15) is 9.59 Å². The molecule has 82 valence electrons. The van der Waals surface area contributed by atoms with Crippen LogP contribution in [0.25, 0.3) is 0 Å². The summed E-state index contributed by atoms with van der Waals surface area (Å²) in [6.07, 6.45) is 1.78. The normalized spacial score (nSPS) is 12.1. The molecule has 0 spiro atoms. The van der Waals surface area contributed by atoms with E-state index in [1.807, 2.05) is 6.92 Å². The van der Waals surface area contributed by atoms with E-state index in [-0.39, 0.29) is 5.91 Å². The van der Waals surface area contributed by atoms with Crippen molar-refractivity contribution >= 4 is 11.8 Å². The van der Waals surface area contributed by atoms with E-state index in [2.05, 4.69) is 10.6 Å². The second-order valence-corrected chi connectivity index (χ2v) is 3.16. The number of hydrogen-bond donors (Lipinski definition) is 3. The van der Waals surface area contributed by atoms with Crippen LogP contribution in [0.15, 0.2) is 0 Å². The summed E-state index contributed by atoms with van der Waals surface area (Å²) < 4.78 is 0. The van der Waals surface area contributed by atoms with E-state index in [0.29, 0.717) is 19.4 Å². The molecule has 1 atom stereocenters. The Bertz CT molecular complexity index is 194. The van der Waals surface area contributed by atoms with Crippen LogP contribution in [-0.2, 0) is 9.59 Å². The molecule has 2 amide bonds. The van der Waals surface area contributed by atoms with Gasteiger partial charge in [-0.1, -0.05) is 13.3 Å². The van der Waals surface area contributed by atoms with Gasteiger partial charge in [-0.3, -0.25) is 9.59 Å². The van der Waals surface area contributed by atoms with Crippen molar-refractivity contribution in [3.63, 3.8) is 0 Å². The van der Waals surface area contributed by atoms with Gasteiger partial charge in [0.2, 0.25) is 11.8 Å². The van der Waals surface area contributed by atoms with Crippen LogP contribution in [0.1, 0.15) is 26.2 Å². The Morgan fingerprint density at radius 3 is 2.50 bits per heavy atom. The molecular formula is C9H19N3O2. The highest BCUT2D eigenvalue weighted by molar-refractivity contribution is 5.86. The molecule has 0 aromatic carbocycles. The van der Waals surface area contributed by atoms with Gasteiger partial charge in [-0.2, -0.15) is 0 Å². The van der Waals surface area contributed by atoms with E-state index < -0.39 is 11.9 Å². The lowest BCUT2D eigenvalue weighted by molar-refractivity contribution is -0.127. The summed E-state index contributed by atoms with van der Waals surface area (Å²) >= 11 is 0. The molecule has 1 unspecified atom stereocenters. The van der Waals surface area contributed by atoms with E-state index in [1.165, 1.54) is 0 Å². The molecule has 0 aromatic heterocycles. The fourth-order valence-electron chi connectivity index (χ4n) is 1.08. The van der Waals surface area contributed by atoms with Crippen LogP contribution in [0, 0.1) is 0 Å². The zero-order valence-electron chi connectivity index (χ0n) is 8.80. The maximum atomic E-state index is 11.2. The van der Waals surface area contributed by atoms with Gasteiger partial charge in [-0.25, -0.2) is 0 Å². The van der Waals surface area contributed by atoms with Crippen LogP contribution in [0.2, 0.25) is 0 Å². The number of hydrogen-bond acceptors (Lipinski definition) is 3. The lowest BCUT2D eigenvalue weighted by Gasteiger charge is -2.14. The lowest BCUT2D eigenvalue weighted by Crippen LogP contribution is -2.44. The van der Waals surface area contributed by atoms with Crippen LogP contribution in [0.5, 0.6) is 0 Å². The molecule has 0 heterocycles. The number of nitrogens with one attached hydrogen (secondary N) is 2. The summed E-state index contributed by atoms with van der Waals surface area (Å²) in [5, 5.41) is 5.45. The van der Waals surface area contributed by atoms with Crippen molar-refractivity contribution in [2.75, 3.05) is 13.6 Å². The van der Waals surface area contributed by atoms with Crippen molar-refractivity contribution < 1.29 is 9.59 Å². The second kappa shape index (κ2) is 7.32. The van der Waals surface area contributed by atoms with Crippen molar-refractivity contribution in [3.05, 3.63) is 0 Å².